The lowest BCUT2D eigenvalue weighted by molar-refractivity contribution is 0.479. The molecule has 0 unspecified atom stereocenters. The molecule has 0 spiro atoms. The zero-order valence-electron chi connectivity index (χ0n) is 13.0. The fourth-order valence-electron chi connectivity index (χ4n) is 1.65. The topological polar surface area (TPSA) is 65.0 Å². The van der Waals surface area contributed by atoms with Crippen molar-refractivity contribution in [1.82, 2.24) is 14.5 Å². The highest BCUT2D eigenvalue weighted by atomic mass is 127. The van der Waals surface area contributed by atoms with E-state index in [1.165, 1.54) is 11.3 Å². The summed E-state index contributed by atoms with van der Waals surface area (Å²) >= 11 is 1.27. The summed E-state index contributed by atoms with van der Waals surface area (Å²) < 4.78 is 26.9. The molecule has 0 radical (unpaired) electrons. The Hall–Kier alpha value is -0.390. The van der Waals surface area contributed by atoms with Crippen LogP contribution in [-0.2, 0) is 10.0 Å². The van der Waals surface area contributed by atoms with Crippen molar-refractivity contribution in [3.63, 3.8) is 0 Å². The molecule has 122 valence electrons. The molecule has 6 nitrogen and oxygen atoms in total. The van der Waals surface area contributed by atoms with E-state index in [9.17, 15) is 8.42 Å². The number of rotatable bonds is 5. The molecule has 0 atom stereocenters. The monoisotopic (exact) mass is 446 g/mol. The second-order valence-corrected chi connectivity index (χ2v) is 8.02. The van der Waals surface area contributed by atoms with Gasteiger partial charge < -0.3 is 9.80 Å². The highest BCUT2D eigenvalue weighted by Gasteiger charge is 2.15. The van der Waals surface area contributed by atoms with E-state index < -0.39 is 10.0 Å². The van der Waals surface area contributed by atoms with Gasteiger partial charge in [0.05, 0.1) is 6.54 Å². The second kappa shape index (κ2) is 8.91. The van der Waals surface area contributed by atoms with Gasteiger partial charge in [-0.05, 0) is 19.1 Å². The average molecular weight is 446 g/mol. The van der Waals surface area contributed by atoms with Gasteiger partial charge >= 0.3 is 0 Å². The normalized spacial score (nSPS) is 10.7. The number of aryl methyl sites for hydroxylation is 1. The molecule has 0 aliphatic heterocycles. The molecule has 1 N–H and O–H groups in total. The minimum atomic E-state index is -3.41. The average Bonchev–Trinajstić information content (AvgIpc) is 2.75. The van der Waals surface area contributed by atoms with Gasteiger partial charge in [0.15, 0.2) is 5.96 Å². The Morgan fingerprint density at radius 2 is 1.81 bits per heavy atom. The van der Waals surface area contributed by atoms with Crippen LogP contribution in [0.15, 0.2) is 21.3 Å². The Bertz CT molecular complexity index is 558. The summed E-state index contributed by atoms with van der Waals surface area (Å²) in [5, 5.41) is 0. The molecule has 0 aliphatic rings. The van der Waals surface area contributed by atoms with Crippen LogP contribution in [0, 0.1) is 6.92 Å². The number of sulfonamides is 1. The van der Waals surface area contributed by atoms with Gasteiger partial charge in [-0.15, -0.1) is 35.3 Å². The van der Waals surface area contributed by atoms with Crippen LogP contribution in [0.5, 0.6) is 0 Å². The second-order valence-electron chi connectivity index (χ2n) is 4.73. The quantitative estimate of drug-likeness (QED) is 0.322. The third kappa shape index (κ3) is 6.49. The van der Waals surface area contributed by atoms with Gasteiger partial charge in [-0.1, -0.05) is 0 Å². The standard InChI is InChI=1S/C12H22N4O2S2.HI/c1-10-6-7-11(19-10)20(17,18)14-9-8-13-12(15(2)3)16(4)5;/h6-7,14H,8-9H2,1-5H3;1H. The molecule has 21 heavy (non-hydrogen) atoms. The van der Waals surface area contributed by atoms with Crippen molar-refractivity contribution in [2.45, 2.75) is 11.1 Å². The van der Waals surface area contributed by atoms with Gasteiger partial charge in [0.25, 0.3) is 0 Å². The van der Waals surface area contributed by atoms with Gasteiger partial charge in [-0.25, -0.2) is 13.1 Å². The Morgan fingerprint density at radius 3 is 2.24 bits per heavy atom. The van der Waals surface area contributed by atoms with E-state index in [1.54, 1.807) is 12.1 Å². The van der Waals surface area contributed by atoms with E-state index in [0.717, 1.165) is 10.8 Å². The predicted molar refractivity (Wildman–Crippen MR) is 99.3 cm³/mol. The van der Waals surface area contributed by atoms with E-state index >= 15 is 0 Å². The van der Waals surface area contributed by atoms with Crippen LogP contribution in [0.1, 0.15) is 4.88 Å². The number of halogens is 1. The number of nitrogens with zero attached hydrogens (tertiary/aromatic N) is 3. The van der Waals surface area contributed by atoms with Crippen molar-refractivity contribution in [2.75, 3.05) is 41.3 Å². The van der Waals surface area contributed by atoms with E-state index in [4.69, 9.17) is 0 Å². The van der Waals surface area contributed by atoms with Crippen LogP contribution in [0.3, 0.4) is 0 Å². The number of thiophene rings is 1. The van der Waals surface area contributed by atoms with Crippen LogP contribution in [0.4, 0.5) is 0 Å². The van der Waals surface area contributed by atoms with Gasteiger partial charge in [-0.3, -0.25) is 4.99 Å². The lowest BCUT2D eigenvalue weighted by atomic mass is 10.5. The molecule has 0 aliphatic carbocycles. The molecule has 1 aromatic heterocycles. The summed E-state index contributed by atoms with van der Waals surface area (Å²) in [4.78, 5) is 9.12. The number of nitrogens with one attached hydrogen (secondary N) is 1. The van der Waals surface area contributed by atoms with Crippen molar-refractivity contribution in [2.24, 2.45) is 4.99 Å². The summed E-state index contributed by atoms with van der Waals surface area (Å²) in [6.45, 7) is 2.56. The first-order valence-electron chi connectivity index (χ1n) is 6.19. The number of guanidine groups is 1. The summed E-state index contributed by atoms with van der Waals surface area (Å²) in [5.41, 5.74) is 0. The molecule has 1 heterocycles. The molecule has 0 fully saturated rings. The minimum absolute atomic E-state index is 0. The fraction of sp³-hybridized carbons (Fsp3) is 0.583. The van der Waals surface area contributed by atoms with Crippen molar-refractivity contribution < 1.29 is 8.42 Å². The van der Waals surface area contributed by atoms with Crippen molar-refractivity contribution in [1.29, 1.82) is 0 Å². The lowest BCUT2D eigenvalue weighted by Gasteiger charge is -2.22. The maximum absolute atomic E-state index is 12.0. The highest BCUT2D eigenvalue weighted by Crippen LogP contribution is 2.19. The Morgan fingerprint density at radius 1 is 1.24 bits per heavy atom. The number of hydrogen-bond acceptors (Lipinski definition) is 4. The molecular formula is C12H23IN4O2S2. The van der Waals surface area contributed by atoms with Crippen molar-refractivity contribution >= 4 is 51.3 Å². The molecule has 1 rings (SSSR count). The van der Waals surface area contributed by atoms with Crippen LogP contribution < -0.4 is 4.72 Å². The number of aliphatic imine (C=N–C) groups is 1. The Balaban J connectivity index is 0.00000400. The third-order valence-electron chi connectivity index (χ3n) is 2.44. The first-order valence-corrected chi connectivity index (χ1v) is 8.49. The molecule has 1 aromatic rings. The van der Waals surface area contributed by atoms with E-state index in [1.807, 2.05) is 44.9 Å². The highest BCUT2D eigenvalue weighted by molar-refractivity contribution is 14.0. The van der Waals surface area contributed by atoms with Gasteiger partial charge in [0, 0.05) is 39.6 Å². The third-order valence-corrected chi connectivity index (χ3v) is 5.39. The Kier molecular flexibility index (Phi) is 8.74. The number of hydrogen-bond donors (Lipinski definition) is 1. The van der Waals surface area contributed by atoms with Crippen LogP contribution in [0.2, 0.25) is 0 Å². The molecule has 0 bridgehead atoms. The molecule has 9 heteroatoms. The molecule has 0 saturated heterocycles. The van der Waals surface area contributed by atoms with Gasteiger partial charge in [0.2, 0.25) is 10.0 Å². The van der Waals surface area contributed by atoms with Crippen LogP contribution in [0.25, 0.3) is 0 Å². The molecular weight excluding hydrogens is 423 g/mol. The molecule has 0 aromatic carbocycles. The summed E-state index contributed by atoms with van der Waals surface area (Å²) in [5.74, 6) is 0.802. The molecule has 0 amide bonds. The first-order chi connectivity index (χ1) is 9.24. The van der Waals surface area contributed by atoms with E-state index in [2.05, 4.69) is 9.71 Å². The predicted octanol–water partition coefficient (Wildman–Crippen LogP) is 1.43. The first kappa shape index (κ1) is 20.6. The van der Waals surface area contributed by atoms with E-state index in [0.29, 0.717) is 10.8 Å². The van der Waals surface area contributed by atoms with Crippen molar-refractivity contribution in [3.05, 3.63) is 17.0 Å². The van der Waals surface area contributed by atoms with Gasteiger partial charge in [-0.2, -0.15) is 0 Å². The largest absolute Gasteiger partial charge is 0.349 e. The van der Waals surface area contributed by atoms with Crippen molar-refractivity contribution in [3.8, 4) is 0 Å². The lowest BCUT2D eigenvalue weighted by Crippen LogP contribution is -2.36. The van der Waals surface area contributed by atoms with Crippen LogP contribution >= 0.6 is 35.3 Å². The summed E-state index contributed by atoms with van der Waals surface area (Å²) in [6, 6.07) is 3.42. The smallest absolute Gasteiger partial charge is 0.250 e. The van der Waals surface area contributed by atoms with Gasteiger partial charge in [0.1, 0.15) is 4.21 Å². The Labute approximate surface area is 148 Å². The minimum Gasteiger partial charge on any atom is -0.349 e. The maximum Gasteiger partial charge on any atom is 0.250 e. The zero-order valence-corrected chi connectivity index (χ0v) is 16.9. The summed E-state index contributed by atoms with van der Waals surface area (Å²) in [7, 11) is 4.20. The van der Waals surface area contributed by atoms with E-state index in [-0.39, 0.29) is 30.5 Å². The summed E-state index contributed by atoms with van der Waals surface area (Å²) in [6.07, 6.45) is 0. The molecule has 0 saturated carbocycles. The fourth-order valence-corrected chi connectivity index (χ4v) is 4.00. The SMILES string of the molecule is Cc1ccc(S(=O)(=O)NCCN=C(N(C)C)N(C)C)s1.I. The zero-order chi connectivity index (χ0) is 15.3. The van der Waals surface area contributed by atoms with Crippen LogP contribution in [-0.4, -0.2) is 65.5 Å². The maximum atomic E-state index is 12.0.